The summed E-state index contributed by atoms with van der Waals surface area (Å²) < 4.78 is 66.8. The average molecular weight is 467 g/mol. The van der Waals surface area contributed by atoms with Gasteiger partial charge in [-0.15, -0.1) is 0 Å². The van der Waals surface area contributed by atoms with Crippen LogP contribution in [0.25, 0.3) is 0 Å². The number of fused-ring (bicyclic) bond motifs is 1. The number of imide groups is 1. The minimum Gasteiger partial charge on any atom is -0.460 e. The third-order valence-corrected chi connectivity index (χ3v) is 6.94. The van der Waals surface area contributed by atoms with Crippen LogP contribution in [0.3, 0.4) is 0 Å². The molecule has 2 bridgehead atoms. The topological polar surface area (TPSA) is 144 Å². The lowest BCUT2D eigenvalue weighted by atomic mass is 9.78. The van der Waals surface area contributed by atoms with Gasteiger partial charge in [0.05, 0.1) is 17.9 Å². The maximum absolute atomic E-state index is 13.5. The molecule has 1 aliphatic heterocycles. The quantitative estimate of drug-likeness (QED) is 0.454. The number of carbonyl (C=O) groups excluding carboxylic acids is 4. The first kappa shape index (κ1) is 23.5. The molecule has 13 heteroatoms. The zero-order valence-corrected chi connectivity index (χ0v) is 18.0. The highest BCUT2D eigenvalue weighted by atomic mass is 32.2. The van der Waals surface area contributed by atoms with Gasteiger partial charge in [-0.25, -0.2) is 0 Å². The molecule has 10 nitrogen and oxygen atoms in total. The van der Waals surface area contributed by atoms with Gasteiger partial charge in [-0.2, -0.15) is 17.2 Å². The number of hydrogen-bond donors (Lipinski definition) is 1. The van der Waals surface area contributed by atoms with Crippen molar-refractivity contribution in [2.75, 3.05) is 6.61 Å². The van der Waals surface area contributed by atoms with E-state index in [1.807, 2.05) is 0 Å². The van der Waals surface area contributed by atoms with Crippen molar-refractivity contribution in [2.24, 2.45) is 29.1 Å². The van der Waals surface area contributed by atoms with Crippen molar-refractivity contribution in [1.29, 1.82) is 0 Å². The van der Waals surface area contributed by atoms with Gasteiger partial charge in [-0.05, 0) is 12.3 Å². The summed E-state index contributed by atoms with van der Waals surface area (Å²) in [5, 5.41) is -4.73. The molecule has 0 aromatic carbocycles. The number of hydrogen-bond acceptors (Lipinski definition) is 8. The van der Waals surface area contributed by atoms with Gasteiger partial charge in [0.15, 0.2) is 6.61 Å². The molecule has 6 atom stereocenters. The molecule has 3 rings (SSSR count). The number of carbonyl (C=O) groups is 4. The minimum atomic E-state index is -5.82. The Morgan fingerprint density at radius 1 is 1.19 bits per heavy atom. The molecule has 3 aliphatic rings. The summed E-state index contributed by atoms with van der Waals surface area (Å²) in [6.45, 7) is 3.97. The van der Waals surface area contributed by atoms with E-state index in [-0.39, 0.29) is 6.42 Å². The van der Waals surface area contributed by atoms with Crippen molar-refractivity contribution >= 4 is 33.9 Å². The highest BCUT2D eigenvalue weighted by Gasteiger charge is 2.72. The van der Waals surface area contributed by atoms with Gasteiger partial charge < -0.3 is 9.47 Å². The molecule has 0 aromatic heterocycles. The zero-order valence-electron chi connectivity index (χ0n) is 17.2. The van der Waals surface area contributed by atoms with E-state index in [0.29, 0.717) is 0 Å². The Morgan fingerprint density at radius 2 is 1.77 bits per heavy atom. The maximum Gasteiger partial charge on any atom is 0.402 e. The molecule has 0 radical (unpaired) electrons. The SMILES string of the molecule is CC(=O)OC1C2CC3C(C(=O)N(C(=O)C(C)(C)C)C31)C2C(=O)OCC(F)(F)S(=O)(=O)O. The highest BCUT2D eigenvalue weighted by molar-refractivity contribution is 7.86. The van der Waals surface area contributed by atoms with Gasteiger partial charge in [0.1, 0.15) is 6.10 Å². The number of likely N-dealkylation sites (tertiary alicyclic amines) is 1. The fourth-order valence-electron chi connectivity index (χ4n) is 4.90. The van der Waals surface area contributed by atoms with Crippen molar-refractivity contribution in [1.82, 2.24) is 4.90 Å². The third kappa shape index (κ3) is 3.71. The predicted octanol–water partition coefficient (Wildman–Crippen LogP) is 0.608. The fraction of sp³-hybridized carbons (Fsp3) is 0.778. The summed E-state index contributed by atoms with van der Waals surface area (Å²) in [7, 11) is -5.82. The number of ether oxygens (including phenoxy) is 2. The molecule has 2 saturated carbocycles. The zero-order chi connectivity index (χ0) is 23.7. The van der Waals surface area contributed by atoms with E-state index >= 15 is 0 Å². The number of alkyl halides is 2. The summed E-state index contributed by atoms with van der Waals surface area (Å²) in [5.41, 5.74) is -0.953. The molecule has 31 heavy (non-hydrogen) atoms. The molecule has 0 spiro atoms. The number of nitrogens with zero attached hydrogens (tertiary/aromatic N) is 1. The lowest BCUT2D eigenvalue weighted by Gasteiger charge is -2.34. The van der Waals surface area contributed by atoms with E-state index in [1.165, 1.54) is 0 Å². The fourth-order valence-corrected chi connectivity index (χ4v) is 5.11. The molecule has 1 saturated heterocycles. The normalized spacial score (nSPS) is 32.4. The second-order valence-corrected chi connectivity index (χ2v) is 10.7. The van der Waals surface area contributed by atoms with Crippen LogP contribution in [0.4, 0.5) is 8.78 Å². The van der Waals surface area contributed by atoms with Gasteiger partial charge in [-0.1, -0.05) is 20.8 Å². The van der Waals surface area contributed by atoms with E-state index in [0.717, 1.165) is 11.8 Å². The second kappa shape index (κ2) is 7.19. The number of esters is 2. The van der Waals surface area contributed by atoms with Crippen LogP contribution < -0.4 is 0 Å². The molecule has 2 aliphatic carbocycles. The van der Waals surface area contributed by atoms with Crippen molar-refractivity contribution in [3.63, 3.8) is 0 Å². The summed E-state index contributed by atoms with van der Waals surface area (Å²) in [4.78, 5) is 51.3. The van der Waals surface area contributed by atoms with Crippen molar-refractivity contribution in [2.45, 2.75) is 51.5 Å². The van der Waals surface area contributed by atoms with E-state index in [9.17, 15) is 36.4 Å². The van der Waals surface area contributed by atoms with Crippen LogP contribution in [0.1, 0.15) is 34.1 Å². The van der Waals surface area contributed by atoms with E-state index in [1.54, 1.807) is 20.8 Å². The van der Waals surface area contributed by atoms with Crippen molar-refractivity contribution in [3.8, 4) is 0 Å². The first-order chi connectivity index (χ1) is 14.0. The Balaban J connectivity index is 1.91. The lowest BCUT2D eigenvalue weighted by molar-refractivity contribution is -0.166. The Bertz CT molecular complexity index is 942. The van der Waals surface area contributed by atoms with Crippen LogP contribution in [0.15, 0.2) is 0 Å². The minimum absolute atomic E-state index is 0.224. The predicted molar refractivity (Wildman–Crippen MR) is 96.7 cm³/mol. The molecular weight excluding hydrogens is 444 g/mol. The molecule has 1 N–H and O–H groups in total. The maximum atomic E-state index is 13.5. The Labute approximate surface area is 177 Å². The first-order valence-corrected chi connectivity index (χ1v) is 11.0. The van der Waals surface area contributed by atoms with Crippen LogP contribution in [-0.4, -0.2) is 65.6 Å². The van der Waals surface area contributed by atoms with E-state index in [2.05, 4.69) is 4.74 Å². The van der Waals surface area contributed by atoms with Gasteiger partial charge >= 0.3 is 27.3 Å². The lowest BCUT2D eigenvalue weighted by Crippen LogP contribution is -2.51. The molecule has 2 amide bonds. The monoisotopic (exact) mass is 467 g/mol. The smallest absolute Gasteiger partial charge is 0.402 e. The van der Waals surface area contributed by atoms with E-state index < -0.39 is 87.0 Å². The molecule has 174 valence electrons. The molecule has 0 aromatic rings. The Kier molecular flexibility index (Phi) is 5.45. The van der Waals surface area contributed by atoms with Crippen LogP contribution in [0.5, 0.6) is 0 Å². The van der Waals surface area contributed by atoms with Crippen LogP contribution in [0, 0.1) is 29.1 Å². The van der Waals surface area contributed by atoms with Crippen molar-refractivity contribution in [3.05, 3.63) is 0 Å². The molecule has 3 fully saturated rings. The van der Waals surface area contributed by atoms with Gasteiger partial charge in [0.2, 0.25) is 11.8 Å². The molecular formula is C18H23F2NO9S. The van der Waals surface area contributed by atoms with Gasteiger partial charge in [0.25, 0.3) is 0 Å². The number of amides is 2. The largest absolute Gasteiger partial charge is 0.460 e. The summed E-state index contributed by atoms with van der Waals surface area (Å²) in [6.07, 6.45) is -0.794. The average Bonchev–Trinajstić information content (AvgIpc) is 3.20. The Morgan fingerprint density at radius 3 is 2.26 bits per heavy atom. The first-order valence-electron chi connectivity index (χ1n) is 9.55. The summed E-state index contributed by atoms with van der Waals surface area (Å²) in [5.74, 6) is -6.84. The van der Waals surface area contributed by atoms with Crippen LogP contribution in [0.2, 0.25) is 0 Å². The summed E-state index contributed by atoms with van der Waals surface area (Å²) in [6, 6.07) is -0.776. The van der Waals surface area contributed by atoms with Crippen LogP contribution >= 0.6 is 0 Å². The highest BCUT2D eigenvalue weighted by Crippen LogP contribution is 2.60. The van der Waals surface area contributed by atoms with Gasteiger partial charge in [0, 0.05) is 18.3 Å². The van der Waals surface area contributed by atoms with Crippen molar-refractivity contribution < 1.29 is 50.4 Å². The Hall–Kier alpha value is -2.15. The van der Waals surface area contributed by atoms with Gasteiger partial charge in [-0.3, -0.25) is 28.6 Å². The molecule has 6 unspecified atom stereocenters. The third-order valence-electron chi connectivity index (χ3n) is 6.07. The van der Waals surface area contributed by atoms with E-state index in [4.69, 9.17) is 9.29 Å². The number of halogens is 2. The second-order valence-electron chi connectivity index (χ2n) is 9.16. The number of rotatable bonds is 5. The molecule has 1 heterocycles. The summed E-state index contributed by atoms with van der Waals surface area (Å²) >= 11 is 0. The van der Waals surface area contributed by atoms with Crippen LogP contribution in [-0.2, 0) is 38.8 Å². The standard InChI is InChI=1S/C18H23F2NO9S/c1-7(22)30-13-9-5-8-10(14(23)21(12(8)13)16(25)17(2,3)4)11(9)15(24)29-6-18(19,20)31(26,27)28/h8-13H,5-6H2,1-4H3,(H,26,27,28).